The Bertz CT molecular complexity index is 1520. The Morgan fingerprint density at radius 1 is 1.24 bits per heavy atom. The van der Waals surface area contributed by atoms with Crippen molar-refractivity contribution in [3.05, 3.63) is 65.1 Å². The van der Waals surface area contributed by atoms with Gasteiger partial charge in [0.2, 0.25) is 0 Å². The quantitative estimate of drug-likeness (QED) is 0.374. The Kier molecular flexibility index (Phi) is 5.97. The molecule has 2 aliphatic heterocycles. The topological polar surface area (TPSA) is 103 Å². The summed E-state index contributed by atoms with van der Waals surface area (Å²) in [6.45, 7) is 4.42. The molecule has 0 bridgehead atoms. The minimum atomic E-state index is -0.508. The van der Waals surface area contributed by atoms with Crippen LogP contribution in [-0.4, -0.2) is 66.2 Å². The number of hydrogen-bond acceptors (Lipinski definition) is 7. The zero-order valence-corrected chi connectivity index (χ0v) is 20.4. The molecule has 10 heteroatoms. The lowest BCUT2D eigenvalue weighted by Gasteiger charge is -2.17. The van der Waals surface area contributed by atoms with Crippen molar-refractivity contribution in [1.29, 1.82) is 0 Å². The van der Waals surface area contributed by atoms with Crippen LogP contribution in [0.4, 0.5) is 4.39 Å². The largest absolute Gasteiger partial charge is 0.488 e. The molecule has 6 rings (SSSR count). The van der Waals surface area contributed by atoms with Crippen LogP contribution < -0.4 is 4.74 Å². The Morgan fingerprint density at radius 3 is 2.95 bits per heavy atom. The molecule has 1 N–H and O–H groups in total. The molecule has 190 valence electrons. The van der Waals surface area contributed by atoms with Gasteiger partial charge in [-0.05, 0) is 36.3 Å². The molecule has 37 heavy (non-hydrogen) atoms. The van der Waals surface area contributed by atoms with Gasteiger partial charge in [0.25, 0.3) is 5.91 Å². The number of benzene rings is 2. The maximum absolute atomic E-state index is 14.6. The number of methoxy groups -OCH3 is 1. The van der Waals surface area contributed by atoms with E-state index in [1.165, 1.54) is 11.6 Å². The third kappa shape index (κ3) is 4.28. The van der Waals surface area contributed by atoms with Crippen molar-refractivity contribution in [2.75, 3.05) is 40.1 Å². The average Bonchev–Trinajstić information content (AvgIpc) is 3.67. The molecule has 2 aromatic heterocycles. The predicted molar refractivity (Wildman–Crippen MR) is 133 cm³/mol. The molecule has 1 fully saturated rings. The number of hydrogen-bond donors (Lipinski definition) is 1. The van der Waals surface area contributed by atoms with E-state index in [1.807, 2.05) is 31.3 Å². The number of ether oxygens (including phenoxy) is 3. The van der Waals surface area contributed by atoms with Gasteiger partial charge in [-0.3, -0.25) is 9.89 Å². The van der Waals surface area contributed by atoms with Gasteiger partial charge in [0.1, 0.15) is 18.0 Å². The van der Waals surface area contributed by atoms with Crippen molar-refractivity contribution >= 4 is 16.8 Å². The third-order valence-corrected chi connectivity index (χ3v) is 6.77. The van der Waals surface area contributed by atoms with Crippen molar-refractivity contribution in [1.82, 2.24) is 20.3 Å². The van der Waals surface area contributed by atoms with Gasteiger partial charge in [-0.15, -0.1) is 0 Å². The number of fused-ring (bicyclic) bond motifs is 2. The third-order valence-electron chi connectivity index (χ3n) is 6.77. The van der Waals surface area contributed by atoms with E-state index in [4.69, 9.17) is 18.7 Å². The molecule has 9 nitrogen and oxygen atoms in total. The fourth-order valence-corrected chi connectivity index (χ4v) is 4.78. The van der Waals surface area contributed by atoms with E-state index < -0.39 is 5.82 Å². The van der Waals surface area contributed by atoms with Gasteiger partial charge < -0.3 is 23.6 Å². The van der Waals surface area contributed by atoms with Crippen molar-refractivity contribution in [3.63, 3.8) is 0 Å². The number of carbonyl (C=O) groups excluding carboxylic acids is 1. The van der Waals surface area contributed by atoms with Crippen LogP contribution >= 0.6 is 0 Å². The molecule has 0 aliphatic carbocycles. The summed E-state index contributed by atoms with van der Waals surface area (Å²) in [5.74, 6) is 0.279. The first kappa shape index (κ1) is 23.4. The molecule has 1 unspecified atom stereocenters. The minimum absolute atomic E-state index is 0.0256. The highest BCUT2D eigenvalue weighted by Crippen LogP contribution is 2.34. The summed E-state index contributed by atoms with van der Waals surface area (Å²) in [4.78, 5) is 14.9. The van der Waals surface area contributed by atoms with E-state index in [1.54, 1.807) is 24.1 Å². The number of aryl methyl sites for hydroxylation is 1. The number of rotatable bonds is 7. The Hall–Kier alpha value is -4.02. The molecule has 4 aromatic rings. The van der Waals surface area contributed by atoms with E-state index in [2.05, 4.69) is 15.4 Å². The Morgan fingerprint density at radius 2 is 2.14 bits per heavy atom. The van der Waals surface area contributed by atoms with E-state index >= 15 is 0 Å². The second-order valence-electron chi connectivity index (χ2n) is 9.22. The Balaban J connectivity index is 1.23. The van der Waals surface area contributed by atoms with Gasteiger partial charge >= 0.3 is 0 Å². The van der Waals surface area contributed by atoms with Crippen LogP contribution in [-0.2, 0) is 9.47 Å². The summed E-state index contributed by atoms with van der Waals surface area (Å²) in [5.41, 5.74) is 5.09. The van der Waals surface area contributed by atoms with Gasteiger partial charge in [0, 0.05) is 54.4 Å². The number of carbonyl (C=O) groups is 1. The predicted octanol–water partition coefficient (Wildman–Crippen LogP) is 4.34. The normalized spacial score (nSPS) is 16.9. The molecule has 0 saturated carbocycles. The summed E-state index contributed by atoms with van der Waals surface area (Å²) in [5, 5.41) is 11.9. The number of amides is 1. The number of nitrogens with zero attached hydrogens (tertiary/aromatic N) is 3. The van der Waals surface area contributed by atoms with Crippen molar-refractivity contribution < 1.29 is 27.9 Å². The molecule has 4 heterocycles. The van der Waals surface area contributed by atoms with E-state index in [-0.39, 0.29) is 18.3 Å². The van der Waals surface area contributed by atoms with Crippen LogP contribution in [0.1, 0.15) is 15.9 Å². The molecule has 1 atom stereocenters. The van der Waals surface area contributed by atoms with Gasteiger partial charge in [0.05, 0.1) is 25.3 Å². The average molecular weight is 505 g/mol. The van der Waals surface area contributed by atoms with Crippen molar-refractivity contribution in [2.45, 2.75) is 6.92 Å². The molecule has 0 spiro atoms. The standard InChI is InChI=1S/C27H25FN4O5/c1-15-7-16(3-4-19(15)27(33)32-11-17-13-35-14-18(17)12-32)22-9-25(37-31-22)26-20-8-21(28)24(36-6-5-34-2)10-23(20)29-30-26/h3-4,7-11,18H,5-6,12-14H2,1-2H3,(H,29,30). The van der Waals surface area contributed by atoms with Gasteiger partial charge in [0.15, 0.2) is 17.3 Å². The van der Waals surface area contributed by atoms with E-state index in [0.717, 1.165) is 11.1 Å². The monoisotopic (exact) mass is 504 g/mol. The van der Waals surface area contributed by atoms with E-state index in [9.17, 15) is 9.18 Å². The molecule has 1 saturated heterocycles. The first-order valence-electron chi connectivity index (χ1n) is 12.0. The number of aromatic nitrogens is 3. The molecule has 0 radical (unpaired) electrons. The van der Waals surface area contributed by atoms with Crippen LogP contribution in [0.25, 0.3) is 33.6 Å². The molecular weight excluding hydrogens is 479 g/mol. The molecular formula is C27H25FN4O5. The summed E-state index contributed by atoms with van der Waals surface area (Å²) in [7, 11) is 1.55. The van der Waals surface area contributed by atoms with Gasteiger partial charge in [-0.25, -0.2) is 4.39 Å². The summed E-state index contributed by atoms with van der Waals surface area (Å²) >= 11 is 0. The number of H-pyrrole nitrogens is 1. The number of aromatic amines is 1. The first-order valence-corrected chi connectivity index (χ1v) is 12.0. The molecule has 1 amide bonds. The van der Waals surface area contributed by atoms with Crippen LogP contribution in [0.3, 0.4) is 0 Å². The highest BCUT2D eigenvalue weighted by atomic mass is 19.1. The number of nitrogens with one attached hydrogen (secondary N) is 1. The van der Waals surface area contributed by atoms with Gasteiger partial charge in [-0.1, -0.05) is 11.2 Å². The zero-order chi connectivity index (χ0) is 25.5. The molecule has 2 aliphatic rings. The van der Waals surface area contributed by atoms with Crippen LogP contribution in [0.15, 0.2) is 52.7 Å². The Labute approximate surface area is 211 Å². The number of halogens is 1. The van der Waals surface area contributed by atoms with Crippen LogP contribution in [0.5, 0.6) is 5.75 Å². The highest BCUT2D eigenvalue weighted by molar-refractivity contribution is 5.97. The van der Waals surface area contributed by atoms with Crippen molar-refractivity contribution in [3.8, 4) is 28.5 Å². The van der Waals surface area contributed by atoms with Crippen molar-refractivity contribution in [2.24, 2.45) is 5.92 Å². The van der Waals surface area contributed by atoms with Crippen LogP contribution in [0.2, 0.25) is 0 Å². The highest BCUT2D eigenvalue weighted by Gasteiger charge is 2.32. The summed E-state index contributed by atoms with van der Waals surface area (Å²) in [6, 6.07) is 10.2. The first-order chi connectivity index (χ1) is 18.0. The molecule has 2 aromatic carbocycles. The van der Waals surface area contributed by atoms with E-state index in [0.29, 0.717) is 65.9 Å². The lowest BCUT2D eigenvalue weighted by atomic mass is 10.0. The summed E-state index contributed by atoms with van der Waals surface area (Å²) in [6.07, 6.45) is 1.92. The SMILES string of the molecule is COCCOc1cc2[nH]nc(-c3cc(-c4ccc(C(=O)N5C=C6COCC6C5)c(C)c4)no3)c2cc1F. The fraction of sp³-hybridized carbons (Fsp3) is 0.296. The smallest absolute Gasteiger partial charge is 0.258 e. The lowest BCUT2D eigenvalue weighted by Crippen LogP contribution is -2.27. The van der Waals surface area contributed by atoms with Gasteiger partial charge in [-0.2, -0.15) is 5.10 Å². The minimum Gasteiger partial charge on any atom is -0.488 e. The zero-order valence-electron chi connectivity index (χ0n) is 20.4. The maximum Gasteiger partial charge on any atom is 0.258 e. The fourth-order valence-electron chi connectivity index (χ4n) is 4.78. The maximum atomic E-state index is 14.6. The second-order valence-corrected chi connectivity index (χ2v) is 9.22. The second kappa shape index (κ2) is 9.45. The lowest BCUT2D eigenvalue weighted by molar-refractivity contribution is 0.0809. The van der Waals surface area contributed by atoms with Crippen LogP contribution in [0, 0.1) is 18.7 Å². The summed E-state index contributed by atoms with van der Waals surface area (Å²) < 4.78 is 36.0.